The van der Waals surface area contributed by atoms with Gasteiger partial charge in [0.1, 0.15) is 11.6 Å². The van der Waals surface area contributed by atoms with Gasteiger partial charge in [0, 0.05) is 23.5 Å². The number of nitrogens with zero attached hydrogens (tertiary/aromatic N) is 2. The minimum Gasteiger partial charge on any atom is -0.496 e. The molecule has 0 spiro atoms. The van der Waals surface area contributed by atoms with Crippen LogP contribution in [0, 0.1) is 0 Å². The Morgan fingerprint density at radius 3 is 2.50 bits per heavy atom. The lowest BCUT2D eigenvalue weighted by atomic mass is 10.1. The van der Waals surface area contributed by atoms with E-state index in [-0.39, 0.29) is 0 Å². The normalized spacial score (nSPS) is 15.2. The summed E-state index contributed by atoms with van der Waals surface area (Å²) in [6.07, 6.45) is 7.62. The summed E-state index contributed by atoms with van der Waals surface area (Å²) < 4.78 is 5.47. The van der Waals surface area contributed by atoms with Crippen LogP contribution in [0.4, 0.5) is 11.8 Å². The van der Waals surface area contributed by atoms with Crippen molar-refractivity contribution in [1.29, 1.82) is 0 Å². The first-order valence-corrected chi connectivity index (χ1v) is 10.2. The Hall–Kier alpha value is -2.82. The van der Waals surface area contributed by atoms with E-state index in [0.29, 0.717) is 18.5 Å². The standard InChI is InChI=1S/C23H28N4O/c1-28-21-15-9-6-10-17(21)16-24-22-19-13-7-8-14-20(19)26-23(27-22)25-18-11-4-2-3-5-12-18/h6-10,13-15,18H,2-5,11-12,16H2,1H3,(H2,24,25,26,27). The molecule has 4 rings (SSSR count). The lowest BCUT2D eigenvalue weighted by Crippen LogP contribution is -2.20. The molecule has 3 aromatic rings. The van der Waals surface area contributed by atoms with Crippen LogP contribution in [0.15, 0.2) is 48.5 Å². The van der Waals surface area contributed by atoms with Crippen LogP contribution in [-0.4, -0.2) is 23.1 Å². The van der Waals surface area contributed by atoms with E-state index in [1.54, 1.807) is 7.11 Å². The maximum absolute atomic E-state index is 5.47. The van der Waals surface area contributed by atoms with Crippen LogP contribution in [0.1, 0.15) is 44.1 Å². The van der Waals surface area contributed by atoms with E-state index in [4.69, 9.17) is 14.7 Å². The molecule has 1 aromatic heterocycles. The van der Waals surface area contributed by atoms with Crippen molar-refractivity contribution in [3.8, 4) is 5.75 Å². The van der Waals surface area contributed by atoms with Crippen molar-refractivity contribution >= 4 is 22.7 Å². The van der Waals surface area contributed by atoms with Crippen LogP contribution >= 0.6 is 0 Å². The SMILES string of the molecule is COc1ccccc1CNc1nc(NC2CCCCCC2)nc2ccccc12. The largest absolute Gasteiger partial charge is 0.496 e. The van der Waals surface area contributed by atoms with E-state index in [2.05, 4.69) is 22.8 Å². The fourth-order valence-corrected chi connectivity index (χ4v) is 3.91. The number of fused-ring (bicyclic) bond motifs is 1. The van der Waals surface area contributed by atoms with Gasteiger partial charge in [0.25, 0.3) is 0 Å². The zero-order chi connectivity index (χ0) is 19.2. The Morgan fingerprint density at radius 2 is 1.68 bits per heavy atom. The Balaban J connectivity index is 1.59. The number of benzene rings is 2. The zero-order valence-corrected chi connectivity index (χ0v) is 16.4. The Morgan fingerprint density at radius 1 is 0.929 bits per heavy atom. The summed E-state index contributed by atoms with van der Waals surface area (Å²) >= 11 is 0. The molecule has 28 heavy (non-hydrogen) atoms. The van der Waals surface area contributed by atoms with Crippen molar-refractivity contribution < 1.29 is 4.74 Å². The monoisotopic (exact) mass is 376 g/mol. The van der Waals surface area contributed by atoms with E-state index in [1.807, 2.05) is 36.4 Å². The molecule has 2 N–H and O–H groups in total. The van der Waals surface area contributed by atoms with Crippen LogP contribution in [0.25, 0.3) is 10.9 Å². The average molecular weight is 377 g/mol. The molecule has 0 bridgehead atoms. The van der Waals surface area contributed by atoms with Gasteiger partial charge in [-0.3, -0.25) is 0 Å². The van der Waals surface area contributed by atoms with E-state index in [1.165, 1.54) is 38.5 Å². The molecule has 5 nitrogen and oxygen atoms in total. The molecule has 5 heteroatoms. The lowest BCUT2D eigenvalue weighted by Gasteiger charge is -2.18. The molecule has 0 radical (unpaired) electrons. The molecular formula is C23H28N4O. The summed E-state index contributed by atoms with van der Waals surface area (Å²) in [5.41, 5.74) is 2.06. The van der Waals surface area contributed by atoms with Gasteiger partial charge < -0.3 is 15.4 Å². The summed E-state index contributed by atoms with van der Waals surface area (Å²) in [5.74, 6) is 2.45. The third kappa shape index (κ3) is 4.35. The van der Waals surface area contributed by atoms with E-state index < -0.39 is 0 Å². The summed E-state index contributed by atoms with van der Waals surface area (Å²) in [5, 5.41) is 8.12. The molecule has 1 aliphatic rings. The second kappa shape index (κ2) is 8.91. The summed E-state index contributed by atoms with van der Waals surface area (Å²) in [4.78, 5) is 9.58. The van der Waals surface area contributed by atoms with E-state index in [9.17, 15) is 0 Å². The molecule has 1 heterocycles. The van der Waals surface area contributed by atoms with Gasteiger partial charge in [0.2, 0.25) is 5.95 Å². The molecule has 0 aliphatic heterocycles. The first-order valence-electron chi connectivity index (χ1n) is 10.2. The quantitative estimate of drug-likeness (QED) is 0.565. The van der Waals surface area contributed by atoms with Gasteiger partial charge in [-0.05, 0) is 31.0 Å². The van der Waals surface area contributed by atoms with Crippen LogP contribution in [0.5, 0.6) is 5.75 Å². The smallest absolute Gasteiger partial charge is 0.225 e. The minimum absolute atomic E-state index is 0.464. The number of ether oxygens (including phenoxy) is 1. The third-order valence-corrected chi connectivity index (χ3v) is 5.43. The van der Waals surface area contributed by atoms with Crippen LogP contribution in [0.3, 0.4) is 0 Å². The molecular weight excluding hydrogens is 348 g/mol. The van der Waals surface area contributed by atoms with Gasteiger partial charge >= 0.3 is 0 Å². The highest BCUT2D eigenvalue weighted by atomic mass is 16.5. The maximum Gasteiger partial charge on any atom is 0.225 e. The summed E-state index contributed by atoms with van der Waals surface area (Å²) in [6.45, 7) is 0.647. The first-order chi connectivity index (χ1) is 13.8. The molecule has 1 fully saturated rings. The number of hydrogen-bond donors (Lipinski definition) is 2. The second-order valence-electron chi connectivity index (χ2n) is 7.41. The number of hydrogen-bond acceptors (Lipinski definition) is 5. The van der Waals surface area contributed by atoms with Crippen molar-refractivity contribution in [1.82, 2.24) is 9.97 Å². The van der Waals surface area contributed by atoms with Crippen molar-refractivity contribution in [2.75, 3.05) is 17.7 Å². The third-order valence-electron chi connectivity index (χ3n) is 5.43. The fourth-order valence-electron chi connectivity index (χ4n) is 3.91. The number of rotatable bonds is 6. The summed E-state index contributed by atoms with van der Waals surface area (Å²) in [6, 6.07) is 16.7. The first kappa shape index (κ1) is 18.5. The molecule has 0 amide bonds. The number of nitrogens with one attached hydrogen (secondary N) is 2. The molecule has 1 saturated carbocycles. The maximum atomic E-state index is 5.47. The van der Waals surface area contributed by atoms with E-state index in [0.717, 1.165) is 28.0 Å². The zero-order valence-electron chi connectivity index (χ0n) is 16.4. The van der Waals surface area contributed by atoms with E-state index >= 15 is 0 Å². The Labute approximate surface area is 166 Å². The van der Waals surface area contributed by atoms with Gasteiger partial charge in [-0.2, -0.15) is 4.98 Å². The van der Waals surface area contributed by atoms with Gasteiger partial charge in [0.15, 0.2) is 0 Å². The predicted molar refractivity (Wildman–Crippen MR) is 115 cm³/mol. The van der Waals surface area contributed by atoms with Crippen molar-refractivity contribution in [3.05, 3.63) is 54.1 Å². The highest BCUT2D eigenvalue weighted by Crippen LogP contribution is 2.26. The number of para-hydroxylation sites is 2. The molecule has 0 atom stereocenters. The van der Waals surface area contributed by atoms with Gasteiger partial charge in [-0.15, -0.1) is 0 Å². The van der Waals surface area contributed by atoms with Crippen molar-refractivity contribution in [2.24, 2.45) is 0 Å². The Bertz CT molecular complexity index is 919. The van der Waals surface area contributed by atoms with Gasteiger partial charge in [-0.1, -0.05) is 56.0 Å². The second-order valence-corrected chi connectivity index (χ2v) is 7.41. The van der Waals surface area contributed by atoms with Gasteiger partial charge in [0.05, 0.1) is 12.6 Å². The molecule has 0 unspecified atom stereocenters. The molecule has 1 aliphatic carbocycles. The average Bonchev–Trinajstić information content (AvgIpc) is 3.01. The topological polar surface area (TPSA) is 59.1 Å². The van der Waals surface area contributed by atoms with Crippen molar-refractivity contribution in [2.45, 2.75) is 51.1 Å². The number of aromatic nitrogens is 2. The van der Waals surface area contributed by atoms with Crippen LogP contribution < -0.4 is 15.4 Å². The Kier molecular flexibility index (Phi) is 5.90. The minimum atomic E-state index is 0.464. The lowest BCUT2D eigenvalue weighted by molar-refractivity contribution is 0.410. The highest BCUT2D eigenvalue weighted by Gasteiger charge is 2.15. The van der Waals surface area contributed by atoms with Crippen LogP contribution in [0.2, 0.25) is 0 Å². The molecule has 0 saturated heterocycles. The number of anilines is 2. The summed E-state index contributed by atoms with van der Waals surface area (Å²) in [7, 11) is 1.70. The predicted octanol–water partition coefficient (Wildman–Crippen LogP) is 5.39. The van der Waals surface area contributed by atoms with Crippen molar-refractivity contribution in [3.63, 3.8) is 0 Å². The van der Waals surface area contributed by atoms with Crippen LogP contribution in [-0.2, 0) is 6.54 Å². The molecule has 146 valence electrons. The van der Waals surface area contributed by atoms with Gasteiger partial charge in [-0.25, -0.2) is 4.98 Å². The number of methoxy groups -OCH3 is 1. The molecule has 2 aromatic carbocycles. The fraction of sp³-hybridized carbons (Fsp3) is 0.391. The highest BCUT2D eigenvalue weighted by molar-refractivity contribution is 5.90.